The molecule has 2 atom stereocenters. The zero-order valence-corrected chi connectivity index (χ0v) is 29.1. The van der Waals surface area contributed by atoms with E-state index in [-0.39, 0.29) is 34.1 Å². The van der Waals surface area contributed by atoms with Gasteiger partial charge in [0.05, 0.1) is 0 Å². The van der Waals surface area contributed by atoms with Crippen LogP contribution in [0.1, 0.15) is 87.9 Å². The average Bonchev–Trinajstić information content (AvgIpc) is 3.74. The smallest absolute Gasteiger partial charge is 0.411 e. The summed E-state index contributed by atoms with van der Waals surface area (Å²) in [5.41, 5.74) is -1.02. The molecule has 14 nitrogen and oxygen atoms in total. The lowest BCUT2D eigenvalue weighted by molar-refractivity contribution is -0.148. The lowest BCUT2D eigenvalue weighted by Gasteiger charge is -2.27. The van der Waals surface area contributed by atoms with Gasteiger partial charge in [-0.15, -0.1) is 0 Å². The summed E-state index contributed by atoms with van der Waals surface area (Å²) in [6, 6.07) is 7.26. The van der Waals surface area contributed by atoms with Gasteiger partial charge in [-0.3, -0.25) is 19.4 Å². The molecule has 0 unspecified atom stereocenters. The predicted molar refractivity (Wildman–Crippen MR) is 176 cm³/mol. The van der Waals surface area contributed by atoms with Gasteiger partial charge in [0, 0.05) is 24.2 Å². The molecule has 2 aromatic rings. The summed E-state index contributed by atoms with van der Waals surface area (Å²) in [7, 11) is 0. The maximum atomic E-state index is 12.9. The molecule has 0 spiro atoms. The van der Waals surface area contributed by atoms with Gasteiger partial charge in [0.25, 0.3) is 0 Å². The SMILES string of the molecule is CC(C)(C)OC(=O)N1CCC[C@H]1C(=O)OCC(=O)c1ccc2c(c1)Oc1ccc(C(=O)COC(=O)[C@@H]3CCCN3C(=O)OC(C)(C)C)cc1O2. The number of Topliss-reactive ketones (excluding diaryl/α,β-unsaturated/α-hetero) is 2. The van der Waals surface area contributed by atoms with E-state index in [0.717, 1.165) is 0 Å². The Labute approximate surface area is 289 Å². The van der Waals surface area contributed by atoms with Crippen LogP contribution in [0.15, 0.2) is 36.4 Å². The molecule has 3 aliphatic heterocycles. The van der Waals surface area contributed by atoms with Gasteiger partial charge in [-0.2, -0.15) is 0 Å². The lowest BCUT2D eigenvalue weighted by atomic mass is 10.1. The Hall–Kier alpha value is -5.14. The molecule has 3 aliphatic rings. The quantitative estimate of drug-likeness (QED) is 0.158. The number of amides is 2. The predicted octanol–water partition coefficient (Wildman–Crippen LogP) is 5.84. The summed E-state index contributed by atoms with van der Waals surface area (Å²) >= 11 is 0. The number of hydrogen-bond acceptors (Lipinski definition) is 12. The number of esters is 2. The summed E-state index contributed by atoms with van der Waals surface area (Å²) in [6.45, 7) is 10.1. The van der Waals surface area contributed by atoms with Gasteiger partial charge >= 0.3 is 24.1 Å². The molecular formula is C36H42N2O12. The van der Waals surface area contributed by atoms with Gasteiger partial charge in [-0.05, 0) is 104 Å². The molecule has 0 aliphatic carbocycles. The Kier molecular flexibility index (Phi) is 10.4. The van der Waals surface area contributed by atoms with Crippen molar-refractivity contribution >= 4 is 35.7 Å². The van der Waals surface area contributed by atoms with Crippen molar-refractivity contribution in [3.8, 4) is 23.0 Å². The molecule has 0 N–H and O–H groups in total. The second-order valence-electron chi connectivity index (χ2n) is 14.3. The molecule has 50 heavy (non-hydrogen) atoms. The molecule has 2 saturated heterocycles. The van der Waals surface area contributed by atoms with Crippen molar-refractivity contribution < 1.29 is 57.2 Å². The number of carbonyl (C=O) groups is 6. The van der Waals surface area contributed by atoms with E-state index in [0.29, 0.717) is 38.8 Å². The highest BCUT2D eigenvalue weighted by molar-refractivity contribution is 6.00. The third-order valence-corrected chi connectivity index (χ3v) is 7.97. The monoisotopic (exact) mass is 694 g/mol. The van der Waals surface area contributed by atoms with Crippen molar-refractivity contribution in [2.75, 3.05) is 26.3 Å². The molecule has 0 radical (unpaired) electrons. The third kappa shape index (κ3) is 8.71. The van der Waals surface area contributed by atoms with Crippen LogP contribution in [0.2, 0.25) is 0 Å². The molecule has 2 aromatic carbocycles. The van der Waals surface area contributed by atoms with Crippen LogP contribution in [-0.2, 0) is 28.5 Å². The number of ether oxygens (including phenoxy) is 6. The molecule has 0 saturated carbocycles. The van der Waals surface area contributed by atoms with Crippen LogP contribution in [-0.4, -0.2) is 95.1 Å². The Bertz CT molecular complexity index is 1570. The third-order valence-electron chi connectivity index (χ3n) is 7.97. The number of fused-ring (bicyclic) bond motifs is 2. The van der Waals surface area contributed by atoms with E-state index in [1.165, 1.54) is 46.2 Å². The van der Waals surface area contributed by atoms with E-state index in [2.05, 4.69) is 0 Å². The summed E-state index contributed by atoms with van der Waals surface area (Å²) in [5.74, 6) is -1.31. The second-order valence-corrected chi connectivity index (χ2v) is 14.3. The number of carbonyl (C=O) groups excluding carboxylic acids is 6. The fourth-order valence-corrected chi connectivity index (χ4v) is 5.66. The van der Waals surface area contributed by atoms with Crippen molar-refractivity contribution in [1.82, 2.24) is 9.80 Å². The maximum absolute atomic E-state index is 12.9. The first-order chi connectivity index (χ1) is 23.5. The van der Waals surface area contributed by atoms with Crippen LogP contribution >= 0.6 is 0 Å². The molecule has 0 bridgehead atoms. The molecule has 3 heterocycles. The van der Waals surface area contributed by atoms with Gasteiger partial charge in [0.1, 0.15) is 23.3 Å². The van der Waals surface area contributed by atoms with Crippen LogP contribution in [0.4, 0.5) is 9.59 Å². The van der Waals surface area contributed by atoms with Crippen molar-refractivity contribution in [3.63, 3.8) is 0 Å². The molecule has 2 fully saturated rings. The average molecular weight is 695 g/mol. The minimum atomic E-state index is -0.833. The van der Waals surface area contributed by atoms with E-state index in [4.69, 9.17) is 28.4 Å². The second kappa shape index (κ2) is 14.4. The largest absolute Gasteiger partial charge is 0.456 e. The van der Waals surface area contributed by atoms with Crippen LogP contribution in [0.3, 0.4) is 0 Å². The highest BCUT2D eigenvalue weighted by Gasteiger charge is 2.39. The Morgan fingerprint density at radius 3 is 1.36 bits per heavy atom. The van der Waals surface area contributed by atoms with Crippen molar-refractivity contribution in [2.45, 2.75) is 90.5 Å². The number of ketones is 2. The lowest BCUT2D eigenvalue weighted by Crippen LogP contribution is -2.44. The van der Waals surface area contributed by atoms with Crippen molar-refractivity contribution in [1.29, 1.82) is 0 Å². The van der Waals surface area contributed by atoms with E-state index in [1.807, 2.05) is 0 Å². The summed E-state index contributed by atoms with van der Waals surface area (Å²) in [5, 5.41) is 0. The molecule has 2 amide bonds. The van der Waals surface area contributed by atoms with Gasteiger partial charge in [-0.25, -0.2) is 19.2 Å². The first-order valence-corrected chi connectivity index (χ1v) is 16.5. The Morgan fingerprint density at radius 1 is 0.620 bits per heavy atom. The number of rotatable bonds is 8. The summed E-state index contributed by atoms with van der Waals surface area (Å²) in [4.78, 5) is 79.1. The van der Waals surface area contributed by atoms with E-state index < -0.39 is 72.2 Å². The highest BCUT2D eigenvalue weighted by Crippen LogP contribution is 2.46. The minimum absolute atomic E-state index is 0.208. The van der Waals surface area contributed by atoms with Crippen molar-refractivity contribution in [3.05, 3.63) is 47.5 Å². The number of benzene rings is 2. The molecule has 5 rings (SSSR count). The van der Waals surface area contributed by atoms with E-state index in [1.54, 1.807) is 41.5 Å². The molecule has 0 aromatic heterocycles. The van der Waals surface area contributed by atoms with Crippen LogP contribution in [0.5, 0.6) is 23.0 Å². The van der Waals surface area contributed by atoms with E-state index in [9.17, 15) is 28.8 Å². The van der Waals surface area contributed by atoms with Gasteiger partial charge < -0.3 is 28.4 Å². The Balaban J connectivity index is 1.14. The standard InChI is InChI=1S/C36H42N2O12/c1-35(2,3)49-33(43)37-15-7-9-23(37)31(41)45-19-25(39)21-11-13-27-29(17-21)47-28-14-12-22(18-30(28)48-27)26(40)20-46-32(42)24-10-8-16-38(24)34(44)50-36(4,5)6/h11-14,17-18,23-24H,7-10,15-16,19-20H2,1-6H3/t23-,24-/m0/s1. The van der Waals surface area contributed by atoms with Crippen LogP contribution in [0.25, 0.3) is 0 Å². The fraction of sp³-hybridized carbons (Fsp3) is 0.500. The molecular weight excluding hydrogens is 652 g/mol. The van der Waals surface area contributed by atoms with Gasteiger partial charge in [0.15, 0.2) is 47.8 Å². The minimum Gasteiger partial charge on any atom is -0.456 e. The number of nitrogens with zero attached hydrogens (tertiary/aromatic N) is 2. The first-order valence-electron chi connectivity index (χ1n) is 16.5. The summed E-state index contributed by atoms with van der Waals surface area (Å²) < 4.78 is 33.2. The van der Waals surface area contributed by atoms with Crippen molar-refractivity contribution in [2.24, 2.45) is 0 Å². The first kappa shape index (κ1) is 36.1. The van der Waals surface area contributed by atoms with Crippen LogP contribution < -0.4 is 9.47 Å². The van der Waals surface area contributed by atoms with Gasteiger partial charge in [0.2, 0.25) is 0 Å². The molecule has 268 valence electrons. The van der Waals surface area contributed by atoms with Crippen LogP contribution in [0, 0.1) is 0 Å². The highest BCUT2D eigenvalue weighted by atomic mass is 16.6. The molecule has 14 heteroatoms. The number of hydrogen-bond donors (Lipinski definition) is 0. The van der Waals surface area contributed by atoms with E-state index >= 15 is 0 Å². The number of likely N-dealkylation sites (tertiary alicyclic amines) is 2. The fourth-order valence-electron chi connectivity index (χ4n) is 5.66. The van der Waals surface area contributed by atoms with Gasteiger partial charge in [-0.1, -0.05) is 0 Å². The normalized spacial score (nSPS) is 18.2. The Morgan fingerprint density at radius 2 is 1.00 bits per heavy atom. The zero-order chi connectivity index (χ0) is 36.4. The maximum Gasteiger partial charge on any atom is 0.411 e. The summed E-state index contributed by atoms with van der Waals surface area (Å²) in [6.07, 6.45) is 0.810. The zero-order valence-electron chi connectivity index (χ0n) is 29.1. The topological polar surface area (TPSA) is 164 Å².